The van der Waals surface area contributed by atoms with Crippen LogP contribution in [0, 0.1) is 6.92 Å². The summed E-state index contributed by atoms with van der Waals surface area (Å²) >= 11 is 0. The highest BCUT2D eigenvalue weighted by atomic mass is 32.2. The van der Waals surface area contributed by atoms with Gasteiger partial charge in [-0.1, -0.05) is 24.1 Å². The molecular formula is C22H30O8S. The van der Waals surface area contributed by atoms with E-state index in [4.69, 9.17) is 27.9 Å². The van der Waals surface area contributed by atoms with Crippen LogP contribution < -0.4 is 0 Å². The summed E-state index contributed by atoms with van der Waals surface area (Å²) in [7, 11) is -4.04. The van der Waals surface area contributed by atoms with Gasteiger partial charge in [0.1, 0.15) is 24.4 Å². The summed E-state index contributed by atoms with van der Waals surface area (Å²) in [5, 5.41) is 0. The topological polar surface area (TPSA) is 89.5 Å². The monoisotopic (exact) mass is 454 g/mol. The Morgan fingerprint density at radius 3 is 2.39 bits per heavy atom. The Kier molecular flexibility index (Phi) is 5.45. The SMILES string of the molecule is Cc1ccc(S(=O)(=O)O[C@@H]2[C@H]3OC(C)(C)O[C@H]3O[C@@H]2[C@H]2COC3(CCCCC3)O2)cc1. The Morgan fingerprint density at radius 2 is 1.68 bits per heavy atom. The average molecular weight is 455 g/mol. The third kappa shape index (κ3) is 4.17. The molecule has 5 atom stereocenters. The van der Waals surface area contributed by atoms with Gasteiger partial charge in [0.05, 0.1) is 11.5 Å². The van der Waals surface area contributed by atoms with Gasteiger partial charge in [0.15, 0.2) is 17.9 Å². The molecule has 31 heavy (non-hydrogen) atoms. The molecule has 0 amide bonds. The number of hydrogen-bond donors (Lipinski definition) is 0. The van der Waals surface area contributed by atoms with Gasteiger partial charge in [0.25, 0.3) is 10.1 Å². The maximum absolute atomic E-state index is 13.1. The highest BCUT2D eigenvalue weighted by molar-refractivity contribution is 7.86. The van der Waals surface area contributed by atoms with Crippen LogP contribution in [0.25, 0.3) is 0 Å². The number of ether oxygens (including phenoxy) is 5. The molecule has 3 aliphatic heterocycles. The van der Waals surface area contributed by atoms with Gasteiger partial charge >= 0.3 is 0 Å². The first-order valence-electron chi connectivity index (χ1n) is 11.0. The first-order chi connectivity index (χ1) is 14.7. The third-order valence-electron chi connectivity index (χ3n) is 6.43. The molecule has 5 rings (SSSR count). The highest BCUT2D eigenvalue weighted by Gasteiger charge is 2.60. The van der Waals surface area contributed by atoms with Crippen molar-refractivity contribution in [1.29, 1.82) is 0 Å². The van der Waals surface area contributed by atoms with Crippen molar-refractivity contribution in [3.05, 3.63) is 29.8 Å². The van der Waals surface area contributed by atoms with Crippen LogP contribution in [-0.2, 0) is 38.0 Å². The molecule has 4 fully saturated rings. The third-order valence-corrected chi connectivity index (χ3v) is 7.76. The molecule has 0 unspecified atom stereocenters. The zero-order valence-electron chi connectivity index (χ0n) is 18.1. The van der Waals surface area contributed by atoms with Crippen molar-refractivity contribution in [2.75, 3.05) is 6.61 Å². The predicted octanol–water partition coefficient (Wildman–Crippen LogP) is 3.02. The Balaban J connectivity index is 1.39. The van der Waals surface area contributed by atoms with Crippen LogP contribution in [0.1, 0.15) is 51.5 Å². The van der Waals surface area contributed by atoms with Gasteiger partial charge in [-0.2, -0.15) is 8.42 Å². The lowest BCUT2D eigenvalue weighted by Gasteiger charge is -2.33. The van der Waals surface area contributed by atoms with E-state index < -0.39 is 52.4 Å². The summed E-state index contributed by atoms with van der Waals surface area (Å²) in [5.74, 6) is -1.50. The van der Waals surface area contributed by atoms with E-state index in [1.807, 2.05) is 6.92 Å². The molecule has 0 bridgehead atoms. The molecule has 1 aromatic carbocycles. The van der Waals surface area contributed by atoms with Crippen LogP contribution in [0.4, 0.5) is 0 Å². The molecule has 172 valence electrons. The van der Waals surface area contributed by atoms with Crippen LogP contribution in [-0.4, -0.2) is 57.3 Å². The van der Waals surface area contributed by atoms with Gasteiger partial charge in [0.2, 0.25) is 0 Å². The lowest BCUT2D eigenvalue weighted by atomic mass is 9.94. The number of hydrogen-bond acceptors (Lipinski definition) is 8. The zero-order chi connectivity index (χ0) is 21.9. The zero-order valence-corrected chi connectivity index (χ0v) is 18.9. The molecule has 0 radical (unpaired) electrons. The second-order valence-electron chi connectivity index (χ2n) is 9.34. The van der Waals surface area contributed by atoms with Gasteiger partial charge in [-0.3, -0.25) is 4.18 Å². The average Bonchev–Trinajstić information content (AvgIpc) is 3.34. The maximum Gasteiger partial charge on any atom is 0.297 e. The number of rotatable bonds is 4. The lowest BCUT2D eigenvalue weighted by molar-refractivity contribution is -0.237. The van der Waals surface area contributed by atoms with Crippen LogP contribution in [0.3, 0.4) is 0 Å². The van der Waals surface area contributed by atoms with Gasteiger partial charge < -0.3 is 23.7 Å². The maximum atomic E-state index is 13.1. The van der Waals surface area contributed by atoms with Gasteiger partial charge in [-0.05, 0) is 45.7 Å². The molecule has 1 saturated carbocycles. The number of benzene rings is 1. The second kappa shape index (κ2) is 7.76. The summed E-state index contributed by atoms with van der Waals surface area (Å²) in [4.78, 5) is 0.0887. The summed E-state index contributed by atoms with van der Waals surface area (Å²) in [6.07, 6.45) is 1.44. The van der Waals surface area contributed by atoms with Crippen molar-refractivity contribution < 1.29 is 36.3 Å². The van der Waals surface area contributed by atoms with Crippen LogP contribution >= 0.6 is 0 Å². The Hall–Kier alpha value is -1.07. The summed E-state index contributed by atoms with van der Waals surface area (Å²) in [6, 6.07) is 6.55. The Morgan fingerprint density at radius 1 is 0.968 bits per heavy atom. The molecule has 1 aromatic rings. The minimum Gasteiger partial charge on any atom is -0.347 e. The summed E-state index contributed by atoms with van der Waals surface area (Å²) in [6.45, 7) is 5.74. The lowest BCUT2D eigenvalue weighted by Crippen LogP contribution is -2.45. The van der Waals surface area contributed by atoms with Crippen LogP contribution in [0.15, 0.2) is 29.2 Å². The van der Waals surface area contributed by atoms with Gasteiger partial charge in [-0.15, -0.1) is 0 Å². The van der Waals surface area contributed by atoms with Crippen molar-refractivity contribution >= 4 is 10.1 Å². The molecule has 1 aliphatic carbocycles. The first kappa shape index (κ1) is 21.8. The van der Waals surface area contributed by atoms with Gasteiger partial charge in [0, 0.05) is 12.8 Å². The fourth-order valence-electron chi connectivity index (χ4n) is 4.91. The molecule has 0 N–H and O–H groups in total. The van der Waals surface area contributed by atoms with Crippen molar-refractivity contribution in [2.45, 2.75) is 100 Å². The van der Waals surface area contributed by atoms with Crippen molar-refractivity contribution in [3.8, 4) is 0 Å². The number of fused-ring (bicyclic) bond motifs is 1. The molecule has 0 aromatic heterocycles. The molecule has 8 nitrogen and oxygen atoms in total. The summed E-state index contributed by atoms with van der Waals surface area (Å²) < 4.78 is 62.2. The van der Waals surface area contributed by atoms with Crippen molar-refractivity contribution in [1.82, 2.24) is 0 Å². The molecular weight excluding hydrogens is 424 g/mol. The van der Waals surface area contributed by atoms with Crippen molar-refractivity contribution in [2.24, 2.45) is 0 Å². The van der Waals surface area contributed by atoms with E-state index in [0.29, 0.717) is 6.61 Å². The van der Waals surface area contributed by atoms with E-state index in [1.165, 1.54) is 18.6 Å². The fraction of sp³-hybridized carbons (Fsp3) is 0.727. The molecule has 1 spiro atoms. The quantitative estimate of drug-likeness (QED) is 0.642. The minimum atomic E-state index is -4.04. The summed E-state index contributed by atoms with van der Waals surface area (Å²) in [5.41, 5.74) is 0.963. The normalized spacial score (nSPS) is 36.7. The largest absolute Gasteiger partial charge is 0.347 e. The molecule has 3 heterocycles. The Labute approximate surface area is 183 Å². The van der Waals surface area contributed by atoms with Crippen molar-refractivity contribution in [3.63, 3.8) is 0 Å². The minimum absolute atomic E-state index is 0.0887. The van der Waals surface area contributed by atoms with Gasteiger partial charge in [-0.25, -0.2) is 0 Å². The molecule has 4 aliphatic rings. The predicted molar refractivity (Wildman–Crippen MR) is 109 cm³/mol. The van der Waals surface area contributed by atoms with Crippen LogP contribution in [0.5, 0.6) is 0 Å². The van der Waals surface area contributed by atoms with E-state index in [1.54, 1.807) is 26.0 Å². The van der Waals surface area contributed by atoms with E-state index in [0.717, 1.165) is 31.2 Å². The number of aryl methyl sites for hydroxylation is 1. The van der Waals surface area contributed by atoms with E-state index in [9.17, 15) is 8.42 Å². The van der Waals surface area contributed by atoms with E-state index >= 15 is 0 Å². The highest BCUT2D eigenvalue weighted by Crippen LogP contribution is 2.45. The standard InChI is InChI=1S/C22H30O8S/c1-14-7-9-15(10-8-14)31(23,24)30-18-17(26-20-19(18)28-21(2,3)29-20)16-13-25-22(27-16)11-5-4-6-12-22/h7-10,16-20H,4-6,11-13H2,1-3H3/t16-,17-,18+,19-,20-/m1/s1. The van der Waals surface area contributed by atoms with Crippen LogP contribution in [0.2, 0.25) is 0 Å². The van der Waals surface area contributed by atoms with E-state index in [-0.39, 0.29) is 4.90 Å². The fourth-order valence-corrected chi connectivity index (χ4v) is 6.00. The molecule has 3 saturated heterocycles. The molecule has 9 heteroatoms. The smallest absolute Gasteiger partial charge is 0.297 e. The van der Waals surface area contributed by atoms with E-state index in [2.05, 4.69) is 0 Å². The second-order valence-corrected chi connectivity index (χ2v) is 10.9. The Bertz CT molecular complexity index is 906. The first-order valence-corrected chi connectivity index (χ1v) is 12.4.